The maximum absolute atomic E-state index is 15.0. The quantitative estimate of drug-likeness (QED) is 0.0472. The Kier molecular flexibility index (Phi) is 15.8. The van der Waals surface area contributed by atoms with Crippen molar-refractivity contribution in [2.24, 2.45) is 0 Å². The van der Waals surface area contributed by atoms with E-state index in [1.54, 1.807) is 68.0 Å². The maximum atomic E-state index is 15.0. The molecule has 0 spiro atoms. The van der Waals surface area contributed by atoms with Crippen molar-refractivity contribution in [3.8, 4) is 48.8 Å². The van der Waals surface area contributed by atoms with Crippen LogP contribution in [0.15, 0.2) is 71.4 Å². The molecule has 0 bridgehead atoms. The summed E-state index contributed by atoms with van der Waals surface area (Å²) in [6, 6.07) is 20.9. The summed E-state index contributed by atoms with van der Waals surface area (Å²) < 4.78 is 55.0. The highest BCUT2D eigenvalue weighted by Gasteiger charge is 2.37. The standard InChI is InChI=1S/C40H48O6P2S6/c1-5-9-21-43-47(41,44-22-10-6-2)29-27-37(53-39(29)35-19-17-33(51-35)31-15-13-25-49-31)38-28-30(48(42,45-23-11-7-3)46-24-12-8-4)40(54-38)36-20-18-34(52-36)32-16-14-26-50-32/h13-20,25-28H,5-12,21-24H2,1-4H3. The second kappa shape index (κ2) is 20.3. The van der Waals surface area contributed by atoms with Gasteiger partial charge in [0, 0.05) is 39.0 Å². The van der Waals surface area contributed by atoms with Crippen molar-refractivity contribution in [1.82, 2.24) is 0 Å². The molecule has 0 N–H and O–H groups in total. The molecule has 54 heavy (non-hydrogen) atoms. The third-order valence-corrected chi connectivity index (χ3v) is 19.9. The lowest BCUT2D eigenvalue weighted by Crippen LogP contribution is -2.12. The van der Waals surface area contributed by atoms with Gasteiger partial charge in [-0.25, -0.2) is 0 Å². The monoisotopic (exact) mass is 878 g/mol. The molecule has 290 valence electrons. The number of unbranched alkanes of at least 4 members (excludes halogenated alkanes) is 4. The lowest BCUT2D eigenvalue weighted by molar-refractivity contribution is 0.208. The molecule has 0 aliphatic rings. The molecule has 0 amide bonds. The van der Waals surface area contributed by atoms with Gasteiger partial charge < -0.3 is 18.1 Å². The molecule has 0 aliphatic carbocycles. The van der Waals surface area contributed by atoms with E-state index in [4.69, 9.17) is 18.1 Å². The van der Waals surface area contributed by atoms with Crippen LogP contribution in [0.3, 0.4) is 0 Å². The second-order valence-corrected chi connectivity index (χ2v) is 22.8. The zero-order valence-corrected chi connectivity index (χ0v) is 37.9. The number of hydrogen-bond acceptors (Lipinski definition) is 12. The molecule has 6 aromatic heterocycles. The van der Waals surface area contributed by atoms with Crippen LogP contribution in [0.25, 0.3) is 48.8 Å². The fraction of sp³-hybridized carbons (Fsp3) is 0.400. The van der Waals surface area contributed by atoms with Crippen molar-refractivity contribution >= 4 is 93.8 Å². The molecule has 6 aromatic rings. The third-order valence-electron chi connectivity index (χ3n) is 8.48. The first-order valence-corrected chi connectivity index (χ1v) is 26.8. The summed E-state index contributed by atoms with van der Waals surface area (Å²) in [5.41, 5.74) is 0. The summed E-state index contributed by atoms with van der Waals surface area (Å²) in [6.45, 7) is 9.77. The molecule has 0 radical (unpaired) electrons. The molecule has 0 unspecified atom stereocenters. The Morgan fingerprint density at radius 2 is 0.796 bits per heavy atom. The van der Waals surface area contributed by atoms with E-state index in [2.05, 4.69) is 87.0 Å². The van der Waals surface area contributed by atoms with Crippen LogP contribution in [0.2, 0.25) is 0 Å². The SMILES string of the molecule is CCCCOP(=O)(OCCCC)c1cc(-c2cc(P(=O)(OCCCC)OCCCC)c(-c3ccc(-c4cccs4)s3)s2)sc1-c1ccc(-c2cccs2)s1. The van der Waals surface area contributed by atoms with Gasteiger partial charge in [0.05, 0.1) is 46.8 Å². The Morgan fingerprint density at radius 1 is 0.444 bits per heavy atom. The van der Waals surface area contributed by atoms with E-state index in [-0.39, 0.29) is 0 Å². The average molecular weight is 879 g/mol. The fourth-order valence-electron chi connectivity index (χ4n) is 5.46. The highest BCUT2D eigenvalue weighted by molar-refractivity contribution is 7.64. The van der Waals surface area contributed by atoms with Crippen molar-refractivity contribution in [3.63, 3.8) is 0 Å². The topological polar surface area (TPSA) is 71.1 Å². The molecule has 0 aliphatic heterocycles. The van der Waals surface area contributed by atoms with E-state index in [0.717, 1.165) is 90.4 Å². The first kappa shape index (κ1) is 42.1. The van der Waals surface area contributed by atoms with Gasteiger partial charge in [0.1, 0.15) is 0 Å². The smallest absolute Gasteiger partial charge is 0.305 e. The number of hydrogen-bond donors (Lipinski definition) is 0. The third kappa shape index (κ3) is 10.1. The van der Waals surface area contributed by atoms with Crippen LogP contribution in [0.4, 0.5) is 0 Å². The van der Waals surface area contributed by atoms with Crippen LogP contribution in [-0.2, 0) is 27.2 Å². The number of thiophene rings is 6. The van der Waals surface area contributed by atoms with E-state index in [1.165, 1.54) is 9.75 Å². The van der Waals surface area contributed by atoms with Crippen LogP contribution in [0.5, 0.6) is 0 Å². The maximum Gasteiger partial charge on any atom is 0.362 e. The Morgan fingerprint density at radius 3 is 1.11 bits per heavy atom. The molecule has 0 aromatic carbocycles. The summed E-state index contributed by atoms with van der Waals surface area (Å²) >= 11 is 9.94. The van der Waals surface area contributed by atoms with E-state index in [9.17, 15) is 9.13 Å². The molecular weight excluding hydrogens is 831 g/mol. The zero-order chi connectivity index (χ0) is 38.0. The van der Waals surface area contributed by atoms with Gasteiger partial charge in [0.25, 0.3) is 0 Å². The molecule has 6 rings (SSSR count). The molecule has 0 atom stereocenters. The van der Waals surface area contributed by atoms with Crippen molar-refractivity contribution in [1.29, 1.82) is 0 Å². The first-order valence-electron chi connectivity index (χ1n) is 18.7. The second-order valence-electron chi connectivity index (χ2n) is 12.7. The van der Waals surface area contributed by atoms with Gasteiger partial charge in [-0.1, -0.05) is 65.5 Å². The molecule has 0 saturated carbocycles. The van der Waals surface area contributed by atoms with Gasteiger partial charge in [-0.3, -0.25) is 9.13 Å². The van der Waals surface area contributed by atoms with Crippen molar-refractivity contribution in [3.05, 3.63) is 71.4 Å². The van der Waals surface area contributed by atoms with Gasteiger partial charge in [-0.05, 0) is 85.0 Å². The summed E-state index contributed by atoms with van der Waals surface area (Å²) in [4.78, 5) is 10.3. The minimum atomic E-state index is -3.72. The Labute approximate surface area is 344 Å². The van der Waals surface area contributed by atoms with Gasteiger partial charge in [-0.15, -0.1) is 68.0 Å². The minimum Gasteiger partial charge on any atom is -0.305 e. The van der Waals surface area contributed by atoms with Gasteiger partial charge >= 0.3 is 15.2 Å². The van der Waals surface area contributed by atoms with Gasteiger partial charge in [0.15, 0.2) is 0 Å². The normalized spacial score (nSPS) is 12.3. The zero-order valence-electron chi connectivity index (χ0n) is 31.2. The molecular formula is C40H48O6P2S6. The minimum absolute atomic E-state index is 0.348. The molecule has 6 heterocycles. The predicted octanol–water partition coefficient (Wildman–Crippen LogP) is 15.3. The van der Waals surface area contributed by atoms with E-state index in [0.29, 0.717) is 37.0 Å². The molecule has 0 saturated heterocycles. The summed E-state index contributed by atoms with van der Waals surface area (Å²) in [5, 5.41) is 5.34. The largest absolute Gasteiger partial charge is 0.362 e. The predicted molar refractivity (Wildman–Crippen MR) is 239 cm³/mol. The van der Waals surface area contributed by atoms with Crippen LogP contribution in [0.1, 0.15) is 79.1 Å². The lowest BCUT2D eigenvalue weighted by Gasteiger charge is -2.19. The Hall–Kier alpha value is -1.50. The highest BCUT2D eigenvalue weighted by atomic mass is 32.1. The van der Waals surface area contributed by atoms with E-state index < -0.39 is 15.2 Å². The van der Waals surface area contributed by atoms with E-state index in [1.807, 2.05) is 12.1 Å². The average Bonchev–Trinajstić information content (AvgIpc) is 4.02. The van der Waals surface area contributed by atoms with Crippen molar-refractivity contribution in [2.45, 2.75) is 79.1 Å². The van der Waals surface area contributed by atoms with E-state index >= 15 is 0 Å². The lowest BCUT2D eigenvalue weighted by atomic mass is 10.3. The van der Waals surface area contributed by atoms with Crippen LogP contribution in [-0.4, -0.2) is 26.4 Å². The molecule has 0 fully saturated rings. The highest BCUT2D eigenvalue weighted by Crippen LogP contribution is 2.57. The summed E-state index contributed by atoms with van der Waals surface area (Å²) in [5.74, 6) is 0. The van der Waals surface area contributed by atoms with Crippen molar-refractivity contribution in [2.75, 3.05) is 26.4 Å². The molecule has 6 nitrogen and oxygen atoms in total. The first-order chi connectivity index (χ1) is 26.3. The fourth-order valence-corrected chi connectivity index (χ4v) is 16.3. The Bertz CT molecular complexity index is 1940. The van der Waals surface area contributed by atoms with Crippen molar-refractivity contribution < 1.29 is 27.2 Å². The van der Waals surface area contributed by atoms with Gasteiger partial charge in [-0.2, -0.15) is 0 Å². The molecule has 14 heteroatoms. The van der Waals surface area contributed by atoms with Gasteiger partial charge in [0.2, 0.25) is 0 Å². The number of rotatable bonds is 23. The van der Waals surface area contributed by atoms with Crippen LogP contribution in [0, 0.1) is 0 Å². The Balaban J connectivity index is 1.51. The van der Waals surface area contributed by atoms with Crippen LogP contribution < -0.4 is 10.6 Å². The van der Waals surface area contributed by atoms with Crippen LogP contribution >= 0.6 is 83.2 Å². The summed E-state index contributed by atoms with van der Waals surface area (Å²) in [7, 11) is -7.44. The summed E-state index contributed by atoms with van der Waals surface area (Å²) in [6.07, 6.45) is 6.82.